The van der Waals surface area contributed by atoms with Crippen molar-refractivity contribution in [2.75, 3.05) is 20.3 Å². The van der Waals surface area contributed by atoms with Gasteiger partial charge >= 0.3 is 0 Å². The van der Waals surface area contributed by atoms with Crippen LogP contribution in [0.3, 0.4) is 0 Å². The molecule has 0 aromatic carbocycles. The molecule has 0 spiro atoms. The lowest BCUT2D eigenvalue weighted by atomic mass is 10.2. The summed E-state index contributed by atoms with van der Waals surface area (Å²) in [5.74, 6) is 0. The van der Waals surface area contributed by atoms with Gasteiger partial charge in [0.1, 0.15) is 0 Å². The molecule has 0 aliphatic carbocycles. The molecule has 1 aromatic rings. The number of unbranched alkanes of at least 4 members (excludes halogenated alkanes) is 1. The minimum Gasteiger partial charge on any atom is -0.385 e. The Morgan fingerprint density at radius 1 is 1.47 bits per heavy atom. The van der Waals surface area contributed by atoms with Gasteiger partial charge in [-0.15, -0.1) is 11.3 Å². The SMILES string of the molecule is COCCCCNC(C)c1sccc1C. The van der Waals surface area contributed by atoms with Crippen molar-refractivity contribution >= 4 is 11.3 Å². The minimum atomic E-state index is 0.479. The van der Waals surface area contributed by atoms with E-state index in [0.29, 0.717) is 6.04 Å². The normalized spacial score (nSPS) is 13.0. The van der Waals surface area contributed by atoms with Crippen LogP contribution in [0.15, 0.2) is 11.4 Å². The Bertz CT molecular complexity index is 272. The summed E-state index contributed by atoms with van der Waals surface area (Å²) in [4.78, 5) is 1.46. The molecule has 1 heterocycles. The summed E-state index contributed by atoms with van der Waals surface area (Å²) in [6.45, 7) is 6.35. The van der Waals surface area contributed by atoms with Crippen molar-refractivity contribution < 1.29 is 4.74 Å². The predicted octanol–water partition coefficient (Wildman–Crippen LogP) is 3.13. The second kappa shape index (κ2) is 6.99. The van der Waals surface area contributed by atoms with E-state index in [1.807, 2.05) is 11.3 Å². The summed E-state index contributed by atoms with van der Waals surface area (Å²) in [5, 5.41) is 5.70. The minimum absolute atomic E-state index is 0.479. The number of methoxy groups -OCH3 is 1. The molecule has 0 saturated heterocycles. The van der Waals surface area contributed by atoms with Crippen LogP contribution in [-0.2, 0) is 4.74 Å². The van der Waals surface area contributed by atoms with Crippen molar-refractivity contribution in [2.24, 2.45) is 0 Å². The molecule has 1 unspecified atom stereocenters. The van der Waals surface area contributed by atoms with E-state index >= 15 is 0 Å². The third-order valence-corrected chi connectivity index (χ3v) is 3.72. The van der Waals surface area contributed by atoms with Gasteiger partial charge in [-0.3, -0.25) is 0 Å². The monoisotopic (exact) mass is 227 g/mol. The first kappa shape index (κ1) is 12.7. The van der Waals surface area contributed by atoms with Crippen LogP contribution >= 0.6 is 11.3 Å². The average molecular weight is 227 g/mol. The van der Waals surface area contributed by atoms with Gasteiger partial charge in [-0.2, -0.15) is 0 Å². The van der Waals surface area contributed by atoms with E-state index in [-0.39, 0.29) is 0 Å². The van der Waals surface area contributed by atoms with E-state index in [9.17, 15) is 0 Å². The van der Waals surface area contributed by atoms with Crippen molar-refractivity contribution in [3.63, 3.8) is 0 Å². The highest BCUT2D eigenvalue weighted by Gasteiger charge is 2.08. The molecule has 1 aromatic heterocycles. The fraction of sp³-hybridized carbons (Fsp3) is 0.667. The van der Waals surface area contributed by atoms with Gasteiger partial charge < -0.3 is 10.1 Å². The first-order valence-electron chi connectivity index (χ1n) is 5.52. The molecule has 1 rings (SSSR count). The fourth-order valence-corrected chi connectivity index (χ4v) is 2.57. The maximum absolute atomic E-state index is 5.01. The van der Waals surface area contributed by atoms with E-state index < -0.39 is 0 Å². The first-order chi connectivity index (χ1) is 7.25. The topological polar surface area (TPSA) is 21.3 Å². The van der Waals surface area contributed by atoms with Gasteiger partial charge in [-0.05, 0) is 50.2 Å². The Morgan fingerprint density at radius 2 is 2.27 bits per heavy atom. The van der Waals surface area contributed by atoms with E-state index in [1.54, 1.807) is 7.11 Å². The number of thiophene rings is 1. The second-order valence-corrected chi connectivity index (χ2v) is 4.79. The summed E-state index contributed by atoms with van der Waals surface area (Å²) in [6, 6.07) is 2.66. The van der Waals surface area contributed by atoms with Crippen LogP contribution < -0.4 is 5.32 Å². The van der Waals surface area contributed by atoms with Crippen LogP contribution in [0.5, 0.6) is 0 Å². The van der Waals surface area contributed by atoms with Crippen molar-refractivity contribution in [2.45, 2.75) is 32.7 Å². The van der Waals surface area contributed by atoms with E-state index in [4.69, 9.17) is 4.74 Å². The van der Waals surface area contributed by atoms with Gasteiger partial charge in [-0.25, -0.2) is 0 Å². The summed E-state index contributed by atoms with van der Waals surface area (Å²) >= 11 is 1.84. The summed E-state index contributed by atoms with van der Waals surface area (Å²) in [7, 11) is 1.76. The smallest absolute Gasteiger partial charge is 0.0462 e. The molecule has 1 atom stereocenters. The molecule has 0 saturated carbocycles. The fourth-order valence-electron chi connectivity index (χ4n) is 1.61. The largest absolute Gasteiger partial charge is 0.385 e. The lowest BCUT2D eigenvalue weighted by Gasteiger charge is -2.13. The lowest BCUT2D eigenvalue weighted by Crippen LogP contribution is -2.19. The highest BCUT2D eigenvalue weighted by Crippen LogP contribution is 2.23. The quantitative estimate of drug-likeness (QED) is 0.723. The van der Waals surface area contributed by atoms with E-state index in [1.165, 1.54) is 16.9 Å². The zero-order valence-electron chi connectivity index (χ0n) is 9.88. The highest BCUT2D eigenvalue weighted by atomic mass is 32.1. The molecule has 0 aliphatic heterocycles. The Labute approximate surface area is 96.7 Å². The Hall–Kier alpha value is -0.380. The molecule has 15 heavy (non-hydrogen) atoms. The van der Waals surface area contributed by atoms with Crippen molar-refractivity contribution in [1.29, 1.82) is 0 Å². The van der Waals surface area contributed by atoms with Gasteiger partial charge in [-0.1, -0.05) is 0 Å². The van der Waals surface area contributed by atoms with Crippen LogP contribution in [0, 0.1) is 6.92 Å². The van der Waals surface area contributed by atoms with Crippen molar-refractivity contribution in [3.05, 3.63) is 21.9 Å². The third-order valence-electron chi connectivity index (χ3n) is 2.52. The maximum Gasteiger partial charge on any atom is 0.0462 e. The molecule has 0 amide bonds. The number of aryl methyl sites for hydroxylation is 1. The number of rotatable bonds is 7. The van der Waals surface area contributed by atoms with Crippen LogP contribution in [0.1, 0.15) is 36.2 Å². The van der Waals surface area contributed by atoms with Crippen LogP contribution in [-0.4, -0.2) is 20.3 Å². The molecule has 0 fully saturated rings. The van der Waals surface area contributed by atoms with Crippen molar-refractivity contribution in [1.82, 2.24) is 5.32 Å². The van der Waals surface area contributed by atoms with Gasteiger partial charge in [0.05, 0.1) is 0 Å². The molecule has 2 nitrogen and oxygen atoms in total. The van der Waals surface area contributed by atoms with E-state index in [0.717, 1.165) is 19.6 Å². The first-order valence-corrected chi connectivity index (χ1v) is 6.40. The zero-order chi connectivity index (χ0) is 11.1. The van der Waals surface area contributed by atoms with Gasteiger partial charge in [0, 0.05) is 24.6 Å². The molecular formula is C12H21NOS. The molecule has 1 N–H and O–H groups in total. The van der Waals surface area contributed by atoms with Crippen molar-refractivity contribution in [3.8, 4) is 0 Å². The zero-order valence-corrected chi connectivity index (χ0v) is 10.7. The predicted molar refractivity (Wildman–Crippen MR) is 66.6 cm³/mol. The standard InChI is InChI=1S/C12H21NOS/c1-10-6-9-15-12(10)11(2)13-7-4-5-8-14-3/h6,9,11,13H,4-5,7-8H2,1-3H3. The van der Waals surface area contributed by atoms with Crippen LogP contribution in [0.2, 0.25) is 0 Å². The number of ether oxygens (including phenoxy) is 1. The number of hydrogen-bond acceptors (Lipinski definition) is 3. The van der Waals surface area contributed by atoms with Crippen LogP contribution in [0.4, 0.5) is 0 Å². The maximum atomic E-state index is 5.01. The summed E-state index contributed by atoms with van der Waals surface area (Å²) in [6.07, 6.45) is 2.32. The highest BCUT2D eigenvalue weighted by molar-refractivity contribution is 7.10. The Morgan fingerprint density at radius 3 is 2.87 bits per heavy atom. The summed E-state index contributed by atoms with van der Waals surface area (Å²) < 4.78 is 5.01. The molecule has 0 bridgehead atoms. The number of hydrogen-bond donors (Lipinski definition) is 1. The van der Waals surface area contributed by atoms with Gasteiger partial charge in [0.2, 0.25) is 0 Å². The van der Waals surface area contributed by atoms with E-state index in [2.05, 4.69) is 30.6 Å². The molecule has 0 radical (unpaired) electrons. The summed E-state index contributed by atoms with van der Waals surface area (Å²) in [5.41, 5.74) is 1.40. The Balaban J connectivity index is 2.19. The van der Waals surface area contributed by atoms with Crippen LogP contribution in [0.25, 0.3) is 0 Å². The van der Waals surface area contributed by atoms with Gasteiger partial charge in [0.15, 0.2) is 0 Å². The molecular weight excluding hydrogens is 206 g/mol. The molecule has 0 aliphatic rings. The number of nitrogens with one attached hydrogen (secondary N) is 1. The average Bonchev–Trinajstić information content (AvgIpc) is 2.64. The second-order valence-electron chi connectivity index (χ2n) is 3.84. The molecule has 3 heteroatoms. The Kier molecular flexibility index (Phi) is 5.91. The lowest BCUT2D eigenvalue weighted by molar-refractivity contribution is 0.192. The molecule has 86 valence electrons. The third kappa shape index (κ3) is 4.33. The van der Waals surface area contributed by atoms with Gasteiger partial charge in [0.25, 0.3) is 0 Å².